The van der Waals surface area contributed by atoms with Crippen molar-refractivity contribution in [1.82, 2.24) is 14.8 Å². The standard InChI is InChI=1S/C14H18N4OS/c1-9-5-10(2)7-12(6-9)15-13(19)8-20-14-17-16-11(3)18(14)4/h5-7H,8H2,1-4H3,(H,15,19). The second-order valence-corrected chi connectivity index (χ2v) is 5.74. The molecule has 0 saturated carbocycles. The van der Waals surface area contributed by atoms with Crippen molar-refractivity contribution in [2.45, 2.75) is 25.9 Å². The Morgan fingerprint density at radius 1 is 1.20 bits per heavy atom. The summed E-state index contributed by atoms with van der Waals surface area (Å²) in [5.74, 6) is 1.11. The van der Waals surface area contributed by atoms with E-state index in [1.54, 1.807) is 0 Å². The van der Waals surface area contributed by atoms with Crippen LogP contribution in [0.25, 0.3) is 0 Å². The van der Waals surface area contributed by atoms with Crippen molar-refractivity contribution in [2.24, 2.45) is 7.05 Å². The zero-order valence-corrected chi connectivity index (χ0v) is 12.9. The lowest BCUT2D eigenvalue weighted by Crippen LogP contribution is -2.14. The Hall–Kier alpha value is -1.82. The molecule has 0 aliphatic rings. The number of nitrogens with zero attached hydrogens (tertiary/aromatic N) is 3. The molecular weight excluding hydrogens is 272 g/mol. The first-order valence-corrected chi connectivity index (χ1v) is 7.31. The van der Waals surface area contributed by atoms with Gasteiger partial charge in [-0.2, -0.15) is 0 Å². The summed E-state index contributed by atoms with van der Waals surface area (Å²) in [6, 6.07) is 6.00. The van der Waals surface area contributed by atoms with Crippen molar-refractivity contribution >= 4 is 23.4 Å². The van der Waals surface area contributed by atoms with Gasteiger partial charge in [-0.25, -0.2) is 0 Å². The van der Waals surface area contributed by atoms with Gasteiger partial charge in [-0.3, -0.25) is 4.79 Å². The first-order valence-electron chi connectivity index (χ1n) is 6.32. The molecule has 0 aliphatic heterocycles. The molecule has 1 N–H and O–H groups in total. The van der Waals surface area contributed by atoms with Crippen LogP contribution < -0.4 is 5.32 Å². The maximum atomic E-state index is 11.9. The molecule has 0 atom stereocenters. The second-order valence-electron chi connectivity index (χ2n) is 4.80. The Kier molecular flexibility index (Phi) is 4.44. The van der Waals surface area contributed by atoms with Crippen LogP contribution in [-0.2, 0) is 11.8 Å². The predicted octanol–water partition coefficient (Wildman–Crippen LogP) is 2.47. The number of carbonyl (C=O) groups is 1. The van der Waals surface area contributed by atoms with E-state index in [-0.39, 0.29) is 5.91 Å². The zero-order chi connectivity index (χ0) is 14.7. The molecule has 5 nitrogen and oxygen atoms in total. The Bertz CT molecular complexity index is 616. The first kappa shape index (κ1) is 14.6. The number of hydrogen-bond donors (Lipinski definition) is 1. The lowest BCUT2D eigenvalue weighted by atomic mass is 10.1. The van der Waals surface area contributed by atoms with Gasteiger partial charge >= 0.3 is 0 Å². The van der Waals surface area contributed by atoms with Crippen molar-refractivity contribution in [3.05, 3.63) is 35.2 Å². The van der Waals surface area contributed by atoms with E-state index in [4.69, 9.17) is 0 Å². The van der Waals surface area contributed by atoms with Crippen molar-refractivity contribution in [2.75, 3.05) is 11.1 Å². The number of amides is 1. The van der Waals surface area contributed by atoms with Crippen LogP contribution in [0.4, 0.5) is 5.69 Å². The number of aromatic nitrogens is 3. The minimum atomic E-state index is -0.0411. The summed E-state index contributed by atoms with van der Waals surface area (Å²) in [4.78, 5) is 11.9. The number of aryl methyl sites for hydroxylation is 3. The van der Waals surface area contributed by atoms with Gasteiger partial charge in [0, 0.05) is 12.7 Å². The fourth-order valence-corrected chi connectivity index (χ4v) is 2.64. The van der Waals surface area contributed by atoms with Gasteiger partial charge in [0.25, 0.3) is 0 Å². The van der Waals surface area contributed by atoms with Crippen molar-refractivity contribution < 1.29 is 4.79 Å². The highest BCUT2D eigenvalue weighted by Crippen LogP contribution is 2.17. The zero-order valence-electron chi connectivity index (χ0n) is 12.1. The summed E-state index contributed by atoms with van der Waals surface area (Å²) in [7, 11) is 1.89. The van der Waals surface area contributed by atoms with E-state index in [1.165, 1.54) is 11.8 Å². The molecule has 2 rings (SSSR count). The van der Waals surface area contributed by atoms with Gasteiger partial charge in [0.15, 0.2) is 5.16 Å². The molecule has 106 valence electrons. The van der Waals surface area contributed by atoms with Crippen LogP contribution in [-0.4, -0.2) is 26.4 Å². The molecule has 0 bridgehead atoms. The predicted molar refractivity (Wildman–Crippen MR) is 81.0 cm³/mol. The molecule has 0 fully saturated rings. The van der Waals surface area contributed by atoms with Crippen LogP contribution in [0.15, 0.2) is 23.4 Å². The molecule has 1 aromatic heterocycles. The van der Waals surface area contributed by atoms with Crippen LogP contribution in [0.1, 0.15) is 17.0 Å². The van der Waals surface area contributed by atoms with Crippen LogP contribution in [0.5, 0.6) is 0 Å². The Balaban J connectivity index is 1.94. The number of carbonyl (C=O) groups excluding carboxylic acids is 1. The van der Waals surface area contributed by atoms with Gasteiger partial charge in [-0.1, -0.05) is 17.8 Å². The van der Waals surface area contributed by atoms with E-state index in [2.05, 4.69) is 21.6 Å². The monoisotopic (exact) mass is 290 g/mol. The third-order valence-corrected chi connectivity index (χ3v) is 3.91. The fraction of sp³-hybridized carbons (Fsp3) is 0.357. The fourth-order valence-electron chi connectivity index (χ4n) is 1.89. The van der Waals surface area contributed by atoms with Crippen LogP contribution in [0.3, 0.4) is 0 Å². The average molecular weight is 290 g/mol. The van der Waals surface area contributed by atoms with Crippen molar-refractivity contribution in [1.29, 1.82) is 0 Å². The molecule has 6 heteroatoms. The van der Waals surface area contributed by atoms with E-state index in [1.807, 2.05) is 44.5 Å². The molecule has 1 aromatic carbocycles. The van der Waals surface area contributed by atoms with Crippen LogP contribution >= 0.6 is 11.8 Å². The smallest absolute Gasteiger partial charge is 0.234 e. The SMILES string of the molecule is Cc1cc(C)cc(NC(=O)CSc2nnc(C)n2C)c1. The van der Waals surface area contributed by atoms with E-state index >= 15 is 0 Å². The van der Waals surface area contributed by atoms with Crippen LogP contribution in [0.2, 0.25) is 0 Å². The van der Waals surface area contributed by atoms with E-state index in [0.29, 0.717) is 5.75 Å². The maximum Gasteiger partial charge on any atom is 0.234 e. The average Bonchev–Trinajstić information content (AvgIpc) is 2.66. The molecule has 0 radical (unpaired) electrons. The number of hydrogen-bond acceptors (Lipinski definition) is 4. The van der Waals surface area contributed by atoms with Crippen LogP contribution in [0, 0.1) is 20.8 Å². The topological polar surface area (TPSA) is 59.8 Å². The van der Waals surface area contributed by atoms with Gasteiger partial charge in [-0.15, -0.1) is 10.2 Å². The third kappa shape index (κ3) is 3.60. The molecule has 20 heavy (non-hydrogen) atoms. The normalized spacial score (nSPS) is 10.6. The maximum absolute atomic E-state index is 11.9. The summed E-state index contributed by atoms with van der Waals surface area (Å²) in [5.41, 5.74) is 3.11. The Morgan fingerprint density at radius 2 is 1.85 bits per heavy atom. The summed E-state index contributed by atoms with van der Waals surface area (Å²) >= 11 is 1.38. The van der Waals surface area contributed by atoms with Gasteiger partial charge in [0.05, 0.1) is 5.75 Å². The molecule has 0 saturated heterocycles. The molecule has 1 heterocycles. The number of nitrogens with one attached hydrogen (secondary N) is 1. The Morgan fingerprint density at radius 3 is 2.40 bits per heavy atom. The summed E-state index contributed by atoms with van der Waals surface area (Å²) in [6.07, 6.45) is 0. The molecule has 0 unspecified atom stereocenters. The molecule has 0 spiro atoms. The van der Waals surface area contributed by atoms with Gasteiger partial charge in [-0.05, 0) is 44.0 Å². The van der Waals surface area contributed by atoms with Crippen molar-refractivity contribution in [3.63, 3.8) is 0 Å². The van der Waals surface area contributed by atoms with E-state index in [0.717, 1.165) is 27.8 Å². The van der Waals surface area contributed by atoms with E-state index in [9.17, 15) is 4.79 Å². The third-order valence-electron chi connectivity index (χ3n) is 2.89. The van der Waals surface area contributed by atoms with Gasteiger partial charge in [0.1, 0.15) is 5.82 Å². The van der Waals surface area contributed by atoms with Gasteiger partial charge < -0.3 is 9.88 Å². The highest BCUT2D eigenvalue weighted by atomic mass is 32.2. The molecule has 1 amide bonds. The molecular formula is C14H18N4OS. The lowest BCUT2D eigenvalue weighted by Gasteiger charge is -2.07. The first-order chi connectivity index (χ1) is 9.45. The summed E-state index contributed by atoms with van der Waals surface area (Å²) in [6.45, 7) is 5.91. The number of thioether (sulfide) groups is 1. The summed E-state index contributed by atoms with van der Waals surface area (Å²) < 4.78 is 1.87. The summed E-state index contributed by atoms with van der Waals surface area (Å²) in [5, 5.41) is 11.6. The minimum Gasteiger partial charge on any atom is -0.325 e. The Labute approximate surface area is 122 Å². The number of rotatable bonds is 4. The highest BCUT2D eigenvalue weighted by molar-refractivity contribution is 7.99. The number of benzene rings is 1. The minimum absolute atomic E-state index is 0.0411. The molecule has 0 aliphatic carbocycles. The quantitative estimate of drug-likeness (QED) is 0.879. The largest absolute Gasteiger partial charge is 0.325 e. The lowest BCUT2D eigenvalue weighted by molar-refractivity contribution is -0.113. The highest BCUT2D eigenvalue weighted by Gasteiger charge is 2.09. The van der Waals surface area contributed by atoms with E-state index < -0.39 is 0 Å². The van der Waals surface area contributed by atoms with Gasteiger partial charge in [0.2, 0.25) is 5.91 Å². The number of anilines is 1. The van der Waals surface area contributed by atoms with Crippen molar-refractivity contribution in [3.8, 4) is 0 Å². The second kappa shape index (κ2) is 6.09. The molecule has 2 aromatic rings.